The number of carboxylic acids is 1. The van der Waals surface area contributed by atoms with E-state index in [1.54, 1.807) is 24.3 Å². The van der Waals surface area contributed by atoms with Gasteiger partial charge in [-0.25, -0.2) is 4.79 Å². The van der Waals surface area contributed by atoms with Crippen molar-refractivity contribution >= 4 is 41.1 Å². The second-order valence-corrected chi connectivity index (χ2v) is 8.75. The van der Waals surface area contributed by atoms with Crippen LogP contribution in [0.15, 0.2) is 54.9 Å². The molecule has 4 rings (SSSR count). The number of hydrogen-bond acceptors (Lipinski definition) is 7. The van der Waals surface area contributed by atoms with Gasteiger partial charge in [0.15, 0.2) is 0 Å². The molecule has 1 aliphatic rings. The number of hydrogen-bond donors (Lipinski definition) is 4. The summed E-state index contributed by atoms with van der Waals surface area (Å²) in [4.78, 5) is 36.9. The zero-order valence-electron chi connectivity index (χ0n) is 19.1. The van der Waals surface area contributed by atoms with Gasteiger partial charge in [0.25, 0.3) is 0 Å². The molecule has 1 fully saturated rings. The minimum atomic E-state index is -1.05. The van der Waals surface area contributed by atoms with Crippen LogP contribution in [0, 0.1) is 5.92 Å². The summed E-state index contributed by atoms with van der Waals surface area (Å²) in [5, 5.41) is 29.5. The van der Waals surface area contributed by atoms with Gasteiger partial charge in [0.2, 0.25) is 11.8 Å². The molecule has 186 valence electrons. The van der Waals surface area contributed by atoms with Gasteiger partial charge in [0, 0.05) is 22.3 Å². The van der Waals surface area contributed by atoms with Crippen molar-refractivity contribution in [3.8, 4) is 5.69 Å². The number of nitrogens with zero attached hydrogens (tertiary/aromatic N) is 4. The Labute approximate surface area is 211 Å². The number of rotatable bonds is 9. The summed E-state index contributed by atoms with van der Waals surface area (Å²) in [6, 6.07) is 10.1. The van der Waals surface area contributed by atoms with E-state index >= 15 is 0 Å². The molecule has 12 heteroatoms. The Morgan fingerprint density at radius 3 is 2.69 bits per heavy atom. The van der Waals surface area contributed by atoms with Gasteiger partial charge in [-0.3, -0.25) is 9.59 Å². The molecule has 11 nitrogen and oxygen atoms in total. The number of aromatic nitrogens is 4. The summed E-state index contributed by atoms with van der Waals surface area (Å²) in [6.45, 7) is 1.62. The van der Waals surface area contributed by atoms with Crippen LogP contribution in [0.3, 0.4) is 0 Å². The van der Waals surface area contributed by atoms with Crippen LogP contribution in [0.25, 0.3) is 11.8 Å². The Hall–Kier alpha value is -4.09. The van der Waals surface area contributed by atoms with Crippen LogP contribution < -0.4 is 16.0 Å². The van der Waals surface area contributed by atoms with Crippen molar-refractivity contribution in [1.82, 2.24) is 30.8 Å². The molecule has 0 spiro atoms. The van der Waals surface area contributed by atoms with Gasteiger partial charge < -0.3 is 21.1 Å². The zero-order valence-corrected chi connectivity index (χ0v) is 19.9. The molecule has 2 heterocycles. The first-order valence-electron chi connectivity index (χ1n) is 11.3. The molecule has 1 aromatic heterocycles. The van der Waals surface area contributed by atoms with Gasteiger partial charge in [0.05, 0.1) is 11.3 Å². The first kappa shape index (κ1) is 25.0. The Kier molecular flexibility index (Phi) is 8.03. The lowest BCUT2D eigenvalue weighted by molar-refractivity contribution is -0.124. The van der Waals surface area contributed by atoms with E-state index in [0.29, 0.717) is 28.4 Å². The highest BCUT2D eigenvalue weighted by atomic mass is 35.5. The van der Waals surface area contributed by atoms with E-state index in [0.717, 1.165) is 19.5 Å². The monoisotopic (exact) mass is 509 g/mol. The average molecular weight is 510 g/mol. The van der Waals surface area contributed by atoms with E-state index in [-0.39, 0.29) is 17.4 Å². The molecular weight excluding hydrogens is 486 g/mol. The molecule has 36 heavy (non-hydrogen) atoms. The summed E-state index contributed by atoms with van der Waals surface area (Å²) in [5.74, 6) is -1.66. The SMILES string of the molecule is O=C(C=Cc1cc(Cl)ccc1-n1cnnn1)N[C@@H](CC1CCNC1)C(=O)Nc1ccc(C(=O)O)cc1. The number of carboxylic acid groups (broad SMARTS) is 1. The predicted molar refractivity (Wildman–Crippen MR) is 133 cm³/mol. The molecule has 2 atom stereocenters. The van der Waals surface area contributed by atoms with Gasteiger partial charge in [-0.05, 0) is 90.8 Å². The Morgan fingerprint density at radius 2 is 2.03 bits per heavy atom. The third kappa shape index (κ3) is 6.52. The number of tetrazole rings is 1. The lowest BCUT2D eigenvalue weighted by Crippen LogP contribution is -2.44. The molecule has 4 N–H and O–H groups in total. The van der Waals surface area contributed by atoms with Crippen molar-refractivity contribution in [3.05, 3.63) is 71.0 Å². The first-order valence-corrected chi connectivity index (χ1v) is 11.6. The maximum absolute atomic E-state index is 13.1. The predicted octanol–water partition coefficient (Wildman–Crippen LogP) is 2.15. The summed E-state index contributed by atoms with van der Waals surface area (Å²) >= 11 is 6.13. The standard InChI is InChI=1S/C24H24ClN7O4/c25-18-4-7-21(32-14-27-30-31-32)17(12-18)3-8-22(33)29-20(11-15-9-10-26-13-15)23(34)28-19-5-1-16(2-6-19)24(35)36/h1-8,12,14-15,20,26H,9-11,13H2,(H,28,34)(H,29,33)(H,35,36)/t15?,20-/m0/s1. The van der Waals surface area contributed by atoms with E-state index in [2.05, 4.69) is 31.5 Å². The molecular formula is C24H24ClN7O4. The highest BCUT2D eigenvalue weighted by Crippen LogP contribution is 2.21. The summed E-state index contributed by atoms with van der Waals surface area (Å²) in [7, 11) is 0. The fourth-order valence-electron chi connectivity index (χ4n) is 3.93. The van der Waals surface area contributed by atoms with E-state index in [1.807, 2.05) is 0 Å². The normalized spacial score (nSPS) is 16.1. The second-order valence-electron chi connectivity index (χ2n) is 8.32. The van der Waals surface area contributed by atoms with Gasteiger partial charge in [0.1, 0.15) is 12.4 Å². The van der Waals surface area contributed by atoms with Crippen molar-refractivity contribution in [1.29, 1.82) is 0 Å². The van der Waals surface area contributed by atoms with Crippen molar-refractivity contribution in [2.24, 2.45) is 5.92 Å². The highest BCUT2D eigenvalue weighted by Gasteiger charge is 2.26. The molecule has 0 aliphatic carbocycles. The number of nitrogens with one attached hydrogen (secondary N) is 3. The highest BCUT2D eigenvalue weighted by molar-refractivity contribution is 6.30. The lowest BCUT2D eigenvalue weighted by Gasteiger charge is -2.20. The Bertz CT molecular complexity index is 1260. The topological polar surface area (TPSA) is 151 Å². The van der Waals surface area contributed by atoms with Gasteiger partial charge in [-0.15, -0.1) is 5.10 Å². The molecule has 1 unspecified atom stereocenters. The molecule has 1 aliphatic heterocycles. The molecule has 1 saturated heterocycles. The van der Waals surface area contributed by atoms with Crippen molar-refractivity contribution in [2.75, 3.05) is 18.4 Å². The minimum Gasteiger partial charge on any atom is -0.478 e. The lowest BCUT2D eigenvalue weighted by atomic mass is 9.98. The van der Waals surface area contributed by atoms with Crippen molar-refractivity contribution in [2.45, 2.75) is 18.9 Å². The van der Waals surface area contributed by atoms with Gasteiger partial charge in [-0.2, -0.15) is 4.68 Å². The fraction of sp³-hybridized carbons (Fsp3) is 0.250. The van der Waals surface area contributed by atoms with Crippen LogP contribution in [-0.4, -0.2) is 62.2 Å². The largest absolute Gasteiger partial charge is 0.478 e. The number of halogens is 1. The zero-order chi connectivity index (χ0) is 25.5. The van der Waals surface area contributed by atoms with Crippen LogP contribution in [0.1, 0.15) is 28.8 Å². The number of benzene rings is 2. The maximum Gasteiger partial charge on any atom is 0.335 e. The Morgan fingerprint density at radius 1 is 1.22 bits per heavy atom. The van der Waals surface area contributed by atoms with E-state index in [1.165, 1.54) is 41.4 Å². The summed E-state index contributed by atoms with van der Waals surface area (Å²) in [5.41, 5.74) is 1.80. The quantitative estimate of drug-likeness (QED) is 0.320. The summed E-state index contributed by atoms with van der Waals surface area (Å²) in [6.07, 6.45) is 5.70. The number of anilines is 1. The molecule has 0 bridgehead atoms. The van der Waals surface area contributed by atoms with Crippen LogP contribution in [0.5, 0.6) is 0 Å². The number of carbonyl (C=O) groups excluding carboxylic acids is 2. The smallest absolute Gasteiger partial charge is 0.335 e. The Balaban J connectivity index is 1.47. The third-order valence-corrected chi connectivity index (χ3v) is 6.00. The van der Waals surface area contributed by atoms with Gasteiger partial charge in [-0.1, -0.05) is 11.6 Å². The van der Waals surface area contributed by atoms with Crippen LogP contribution in [-0.2, 0) is 9.59 Å². The van der Waals surface area contributed by atoms with Crippen molar-refractivity contribution < 1.29 is 19.5 Å². The first-order chi connectivity index (χ1) is 17.4. The molecule has 0 saturated carbocycles. The maximum atomic E-state index is 13.1. The molecule has 2 aromatic carbocycles. The molecule has 2 amide bonds. The summed E-state index contributed by atoms with van der Waals surface area (Å²) < 4.78 is 1.45. The van der Waals surface area contributed by atoms with E-state index < -0.39 is 17.9 Å². The average Bonchev–Trinajstić information content (AvgIpc) is 3.57. The number of aromatic carboxylic acids is 1. The minimum absolute atomic E-state index is 0.113. The molecule has 3 aromatic rings. The van der Waals surface area contributed by atoms with Crippen molar-refractivity contribution in [3.63, 3.8) is 0 Å². The van der Waals surface area contributed by atoms with Crippen LogP contribution in [0.4, 0.5) is 5.69 Å². The van der Waals surface area contributed by atoms with E-state index in [4.69, 9.17) is 16.7 Å². The third-order valence-electron chi connectivity index (χ3n) is 5.76. The second kappa shape index (κ2) is 11.6. The van der Waals surface area contributed by atoms with E-state index in [9.17, 15) is 14.4 Å². The number of carbonyl (C=O) groups is 3. The fourth-order valence-corrected chi connectivity index (χ4v) is 4.11. The van der Waals surface area contributed by atoms with Crippen LogP contribution in [0.2, 0.25) is 5.02 Å². The molecule has 0 radical (unpaired) electrons. The number of amides is 2. The van der Waals surface area contributed by atoms with Crippen LogP contribution >= 0.6 is 11.6 Å². The van der Waals surface area contributed by atoms with Gasteiger partial charge >= 0.3 is 5.97 Å².